The summed E-state index contributed by atoms with van der Waals surface area (Å²) in [7, 11) is -0.526. The van der Waals surface area contributed by atoms with Gasteiger partial charge in [-0.05, 0) is 40.2 Å². The van der Waals surface area contributed by atoms with E-state index in [1.807, 2.05) is 27.7 Å². The molecular weight excluding hydrogens is 271 g/mol. The molecule has 2 rings (SSSR count). The van der Waals surface area contributed by atoms with Crippen molar-refractivity contribution in [1.82, 2.24) is 4.98 Å². The molecule has 1 aromatic heterocycles. The standard InChI is InChI=1S/C14H19BN2O4/c1-10-8-16-9-12(17(18)19)11(10)6-7-15-20-13(2,3)14(4,5)21-15/h6-9H,1-5H3/b7-6+. The van der Waals surface area contributed by atoms with Gasteiger partial charge >= 0.3 is 7.12 Å². The molecule has 0 aromatic carbocycles. The highest BCUT2D eigenvalue weighted by molar-refractivity contribution is 6.52. The zero-order valence-electron chi connectivity index (χ0n) is 12.9. The molecule has 0 spiro atoms. The molecule has 0 atom stereocenters. The lowest BCUT2D eigenvalue weighted by atomic mass is 9.88. The van der Waals surface area contributed by atoms with Crippen molar-refractivity contribution in [2.24, 2.45) is 0 Å². The number of rotatable bonds is 3. The SMILES string of the molecule is Cc1cncc([N+](=O)[O-])c1/C=C/B1OC(C)(C)C(C)(C)O1. The fraction of sp³-hybridized carbons (Fsp3) is 0.500. The van der Waals surface area contributed by atoms with E-state index < -0.39 is 23.2 Å². The van der Waals surface area contributed by atoms with E-state index in [0.717, 1.165) is 5.56 Å². The summed E-state index contributed by atoms with van der Waals surface area (Å²) in [6.45, 7) is 9.62. The van der Waals surface area contributed by atoms with Gasteiger partial charge in [0.15, 0.2) is 0 Å². The van der Waals surface area contributed by atoms with Gasteiger partial charge in [0, 0.05) is 6.20 Å². The summed E-state index contributed by atoms with van der Waals surface area (Å²) in [5.41, 5.74) is 0.368. The first-order valence-corrected chi connectivity index (χ1v) is 6.77. The van der Waals surface area contributed by atoms with E-state index in [-0.39, 0.29) is 5.69 Å². The molecule has 21 heavy (non-hydrogen) atoms. The lowest BCUT2D eigenvalue weighted by molar-refractivity contribution is -0.385. The second-order valence-corrected chi connectivity index (χ2v) is 6.13. The molecule has 6 nitrogen and oxygen atoms in total. The van der Waals surface area contributed by atoms with Crippen LogP contribution in [0.2, 0.25) is 0 Å². The Kier molecular flexibility index (Phi) is 3.90. The van der Waals surface area contributed by atoms with Gasteiger partial charge in [-0.1, -0.05) is 12.1 Å². The van der Waals surface area contributed by atoms with Crippen molar-refractivity contribution in [3.05, 3.63) is 39.6 Å². The highest BCUT2D eigenvalue weighted by atomic mass is 16.7. The van der Waals surface area contributed by atoms with Crippen molar-refractivity contribution in [3.8, 4) is 0 Å². The zero-order valence-corrected chi connectivity index (χ0v) is 12.9. The zero-order chi connectivity index (χ0) is 15.8. The van der Waals surface area contributed by atoms with E-state index in [1.54, 1.807) is 25.2 Å². The van der Waals surface area contributed by atoms with Gasteiger partial charge in [0.05, 0.1) is 21.7 Å². The third-order valence-electron chi connectivity index (χ3n) is 4.05. The Morgan fingerprint density at radius 1 is 1.24 bits per heavy atom. The molecule has 112 valence electrons. The molecule has 0 aliphatic carbocycles. The molecule has 0 amide bonds. The summed E-state index contributed by atoms with van der Waals surface area (Å²) in [5, 5.41) is 11.0. The van der Waals surface area contributed by atoms with E-state index in [9.17, 15) is 10.1 Å². The first kappa shape index (κ1) is 15.7. The number of nitro groups is 1. The average Bonchev–Trinajstić information content (AvgIpc) is 2.55. The second-order valence-electron chi connectivity index (χ2n) is 6.13. The van der Waals surface area contributed by atoms with Crippen LogP contribution in [0.15, 0.2) is 18.4 Å². The van der Waals surface area contributed by atoms with Gasteiger partial charge in [-0.15, -0.1) is 0 Å². The molecule has 2 heterocycles. The maximum Gasteiger partial charge on any atom is 0.487 e. The number of aryl methyl sites for hydroxylation is 1. The third-order valence-corrected chi connectivity index (χ3v) is 4.05. The predicted octanol–water partition coefficient (Wildman–Crippen LogP) is 2.94. The normalized spacial score (nSPS) is 20.1. The number of hydrogen-bond acceptors (Lipinski definition) is 5. The van der Waals surface area contributed by atoms with Crippen molar-refractivity contribution >= 4 is 18.9 Å². The Morgan fingerprint density at radius 2 is 1.81 bits per heavy atom. The number of pyridine rings is 1. The molecule has 0 N–H and O–H groups in total. The van der Waals surface area contributed by atoms with Gasteiger partial charge in [0.25, 0.3) is 5.69 Å². The minimum Gasteiger partial charge on any atom is -0.400 e. The molecule has 7 heteroatoms. The van der Waals surface area contributed by atoms with Crippen LogP contribution in [0, 0.1) is 17.0 Å². The predicted molar refractivity (Wildman–Crippen MR) is 80.7 cm³/mol. The van der Waals surface area contributed by atoms with Crippen molar-refractivity contribution in [3.63, 3.8) is 0 Å². The highest BCUT2D eigenvalue weighted by Crippen LogP contribution is 2.37. The Labute approximate surface area is 124 Å². The van der Waals surface area contributed by atoms with Crippen molar-refractivity contribution < 1.29 is 14.2 Å². The number of aromatic nitrogens is 1. The Balaban J connectivity index is 2.26. The molecule has 1 saturated heterocycles. The van der Waals surface area contributed by atoms with E-state index in [2.05, 4.69) is 4.98 Å². The summed E-state index contributed by atoms with van der Waals surface area (Å²) < 4.78 is 11.7. The molecule has 1 aromatic rings. The molecule has 1 aliphatic rings. The van der Waals surface area contributed by atoms with Crippen LogP contribution in [0.4, 0.5) is 5.69 Å². The van der Waals surface area contributed by atoms with Crippen LogP contribution in [0.3, 0.4) is 0 Å². The maximum absolute atomic E-state index is 11.0. The summed E-state index contributed by atoms with van der Waals surface area (Å²) in [6.07, 6.45) is 4.51. The first-order valence-electron chi connectivity index (χ1n) is 6.77. The van der Waals surface area contributed by atoms with Crippen LogP contribution >= 0.6 is 0 Å². The monoisotopic (exact) mass is 290 g/mol. The largest absolute Gasteiger partial charge is 0.487 e. The van der Waals surface area contributed by atoms with Gasteiger partial charge < -0.3 is 9.31 Å². The molecular formula is C14H19BN2O4. The third kappa shape index (κ3) is 2.98. The van der Waals surface area contributed by atoms with Gasteiger partial charge in [-0.25, -0.2) is 0 Å². The fourth-order valence-electron chi connectivity index (χ4n) is 2.07. The van der Waals surface area contributed by atoms with Gasteiger partial charge in [-0.3, -0.25) is 15.1 Å². The van der Waals surface area contributed by atoms with Crippen LogP contribution in [-0.4, -0.2) is 28.2 Å². The summed E-state index contributed by atoms with van der Waals surface area (Å²) in [4.78, 5) is 14.5. The Hall–Kier alpha value is -1.73. The van der Waals surface area contributed by atoms with Crippen LogP contribution in [0.5, 0.6) is 0 Å². The summed E-state index contributed by atoms with van der Waals surface area (Å²) in [5.74, 6) is 1.70. The fourth-order valence-corrected chi connectivity index (χ4v) is 2.07. The Bertz CT molecular complexity index is 583. The van der Waals surface area contributed by atoms with Crippen molar-refractivity contribution in [1.29, 1.82) is 0 Å². The van der Waals surface area contributed by atoms with Crippen molar-refractivity contribution in [2.45, 2.75) is 45.8 Å². The smallest absolute Gasteiger partial charge is 0.400 e. The Morgan fingerprint density at radius 3 is 2.33 bits per heavy atom. The molecule has 1 fully saturated rings. The summed E-state index contributed by atoms with van der Waals surface area (Å²) in [6, 6.07) is 0. The quantitative estimate of drug-likeness (QED) is 0.486. The van der Waals surface area contributed by atoms with Gasteiger partial charge in [-0.2, -0.15) is 0 Å². The molecule has 0 unspecified atom stereocenters. The second kappa shape index (κ2) is 5.24. The van der Waals surface area contributed by atoms with Gasteiger partial charge in [0.1, 0.15) is 6.20 Å². The van der Waals surface area contributed by atoms with Crippen LogP contribution in [0.25, 0.3) is 6.08 Å². The van der Waals surface area contributed by atoms with Crippen LogP contribution in [0.1, 0.15) is 38.8 Å². The molecule has 0 saturated carbocycles. The molecule has 0 bridgehead atoms. The van der Waals surface area contributed by atoms with Crippen LogP contribution in [-0.2, 0) is 9.31 Å². The number of hydrogen-bond donors (Lipinski definition) is 0. The first-order chi connectivity index (χ1) is 9.64. The summed E-state index contributed by atoms with van der Waals surface area (Å²) >= 11 is 0. The van der Waals surface area contributed by atoms with Crippen molar-refractivity contribution in [2.75, 3.05) is 0 Å². The van der Waals surface area contributed by atoms with E-state index in [4.69, 9.17) is 9.31 Å². The molecule has 0 radical (unpaired) electrons. The lowest BCUT2D eigenvalue weighted by Crippen LogP contribution is -2.41. The molecule has 1 aliphatic heterocycles. The average molecular weight is 290 g/mol. The minimum atomic E-state index is -0.526. The maximum atomic E-state index is 11.0. The number of nitrogens with zero attached hydrogens (tertiary/aromatic N) is 2. The van der Waals surface area contributed by atoms with Gasteiger partial charge in [0.2, 0.25) is 0 Å². The minimum absolute atomic E-state index is 0.0252. The van der Waals surface area contributed by atoms with E-state index >= 15 is 0 Å². The van der Waals surface area contributed by atoms with E-state index in [1.165, 1.54) is 6.20 Å². The lowest BCUT2D eigenvalue weighted by Gasteiger charge is -2.32. The highest BCUT2D eigenvalue weighted by Gasteiger charge is 2.50. The van der Waals surface area contributed by atoms with E-state index in [0.29, 0.717) is 5.56 Å². The topological polar surface area (TPSA) is 74.5 Å². The van der Waals surface area contributed by atoms with Crippen LogP contribution < -0.4 is 0 Å².